The quantitative estimate of drug-likeness (QED) is 0.564. The first-order valence-corrected chi connectivity index (χ1v) is 10.6. The van der Waals surface area contributed by atoms with E-state index in [9.17, 15) is 14.9 Å². The fraction of sp³-hybridized carbons (Fsp3) is 0.435. The minimum atomic E-state index is -1.18. The van der Waals surface area contributed by atoms with E-state index in [0.717, 1.165) is 12.0 Å². The molecule has 0 radical (unpaired) electrons. The zero-order chi connectivity index (χ0) is 22.6. The minimum Gasteiger partial charge on any atom is -0.493 e. The summed E-state index contributed by atoms with van der Waals surface area (Å²) < 4.78 is 16.5. The first-order chi connectivity index (χ1) is 15.5. The second-order valence-corrected chi connectivity index (χ2v) is 8.38. The van der Waals surface area contributed by atoms with Gasteiger partial charge in [0.1, 0.15) is 5.54 Å². The molecule has 1 spiro atoms. The third-order valence-electron chi connectivity index (χ3n) is 7.16. The fourth-order valence-corrected chi connectivity index (χ4v) is 6.07. The van der Waals surface area contributed by atoms with E-state index in [4.69, 9.17) is 14.2 Å². The van der Waals surface area contributed by atoms with Crippen molar-refractivity contribution in [3.8, 4) is 17.2 Å². The summed E-state index contributed by atoms with van der Waals surface area (Å²) in [6, 6.07) is 9.64. The number of rotatable bonds is 5. The van der Waals surface area contributed by atoms with Crippen molar-refractivity contribution < 1.29 is 23.9 Å². The lowest BCUT2D eigenvalue weighted by Crippen LogP contribution is -2.50. The second-order valence-electron chi connectivity index (χ2n) is 8.38. The smallest absolute Gasteiger partial charge is 0.250 e. The second kappa shape index (κ2) is 7.37. The number of carbonyl (C=O) groups excluding carboxylic acids is 1. The van der Waals surface area contributed by atoms with Crippen LogP contribution in [0.25, 0.3) is 0 Å². The Balaban J connectivity index is 1.81. The largest absolute Gasteiger partial charge is 0.493 e. The highest BCUT2D eigenvalue weighted by atomic mass is 16.6. The number of carbonyl (C=O) groups is 1. The number of fused-ring (bicyclic) bond motifs is 4. The van der Waals surface area contributed by atoms with Gasteiger partial charge in [-0.25, -0.2) is 0 Å². The number of anilines is 1. The Morgan fingerprint density at radius 2 is 1.81 bits per heavy atom. The number of hydrogen-bond donors (Lipinski definition) is 1. The maximum atomic E-state index is 13.7. The molecule has 2 aromatic rings. The van der Waals surface area contributed by atoms with Crippen molar-refractivity contribution in [2.75, 3.05) is 33.2 Å². The number of methoxy groups -OCH3 is 3. The summed E-state index contributed by atoms with van der Waals surface area (Å²) >= 11 is 0. The van der Waals surface area contributed by atoms with E-state index in [0.29, 0.717) is 41.5 Å². The molecule has 0 bridgehead atoms. The van der Waals surface area contributed by atoms with Gasteiger partial charge in [-0.3, -0.25) is 19.8 Å². The molecule has 2 aromatic carbocycles. The van der Waals surface area contributed by atoms with Crippen LogP contribution in [0.2, 0.25) is 0 Å². The van der Waals surface area contributed by atoms with Gasteiger partial charge in [-0.2, -0.15) is 0 Å². The maximum Gasteiger partial charge on any atom is 0.250 e. The molecule has 3 heterocycles. The third-order valence-corrected chi connectivity index (χ3v) is 7.16. The van der Waals surface area contributed by atoms with Crippen LogP contribution in [0.15, 0.2) is 36.4 Å². The fourth-order valence-electron chi connectivity index (χ4n) is 6.07. The molecule has 0 unspecified atom stereocenters. The van der Waals surface area contributed by atoms with Crippen molar-refractivity contribution in [3.05, 3.63) is 57.6 Å². The lowest BCUT2D eigenvalue weighted by molar-refractivity contribution is -0.527. The summed E-state index contributed by atoms with van der Waals surface area (Å²) in [5.74, 6) is 0.241. The molecule has 5 rings (SSSR count). The van der Waals surface area contributed by atoms with Crippen LogP contribution in [0.4, 0.5) is 5.69 Å². The zero-order valence-electron chi connectivity index (χ0n) is 18.2. The van der Waals surface area contributed by atoms with E-state index in [1.807, 2.05) is 24.3 Å². The predicted molar refractivity (Wildman–Crippen MR) is 116 cm³/mol. The van der Waals surface area contributed by atoms with Crippen molar-refractivity contribution in [2.24, 2.45) is 0 Å². The lowest BCUT2D eigenvalue weighted by Gasteiger charge is -2.36. The van der Waals surface area contributed by atoms with E-state index >= 15 is 0 Å². The molecule has 4 atom stereocenters. The third kappa shape index (κ3) is 2.51. The minimum absolute atomic E-state index is 0.222. The Bertz CT molecular complexity index is 1080. The molecule has 168 valence electrons. The van der Waals surface area contributed by atoms with Gasteiger partial charge in [0, 0.05) is 22.7 Å². The molecule has 9 heteroatoms. The molecule has 32 heavy (non-hydrogen) atoms. The van der Waals surface area contributed by atoms with Crippen molar-refractivity contribution in [3.63, 3.8) is 0 Å². The predicted octanol–water partition coefficient (Wildman–Crippen LogP) is 2.77. The van der Waals surface area contributed by atoms with Crippen LogP contribution in [-0.4, -0.2) is 55.7 Å². The summed E-state index contributed by atoms with van der Waals surface area (Å²) in [5.41, 5.74) is 0.909. The molecule has 3 aliphatic rings. The number of ether oxygens (including phenoxy) is 3. The summed E-state index contributed by atoms with van der Waals surface area (Å²) in [6.07, 6.45) is 1.48. The van der Waals surface area contributed by atoms with Gasteiger partial charge < -0.3 is 19.5 Å². The van der Waals surface area contributed by atoms with Gasteiger partial charge >= 0.3 is 0 Å². The summed E-state index contributed by atoms with van der Waals surface area (Å²) in [6.45, 7) is 0.623. The van der Waals surface area contributed by atoms with Crippen LogP contribution in [0.3, 0.4) is 0 Å². The number of benzene rings is 2. The van der Waals surface area contributed by atoms with Gasteiger partial charge in [-0.1, -0.05) is 18.2 Å². The van der Waals surface area contributed by atoms with Gasteiger partial charge in [-0.05, 0) is 36.6 Å². The van der Waals surface area contributed by atoms with E-state index in [1.54, 1.807) is 12.1 Å². The van der Waals surface area contributed by atoms with Crippen molar-refractivity contribution >= 4 is 11.6 Å². The van der Waals surface area contributed by atoms with Crippen LogP contribution < -0.4 is 19.5 Å². The van der Waals surface area contributed by atoms with Crippen LogP contribution in [-0.2, 0) is 10.3 Å². The molecule has 2 fully saturated rings. The van der Waals surface area contributed by atoms with Gasteiger partial charge in [0.05, 0.1) is 33.3 Å². The van der Waals surface area contributed by atoms with Gasteiger partial charge in [-0.15, -0.1) is 0 Å². The number of hydrogen-bond acceptors (Lipinski definition) is 7. The highest BCUT2D eigenvalue weighted by molar-refractivity contribution is 6.07. The Kier molecular flexibility index (Phi) is 4.74. The topological polar surface area (TPSA) is 103 Å². The molecule has 0 aliphatic carbocycles. The summed E-state index contributed by atoms with van der Waals surface area (Å²) in [5, 5.41) is 15.5. The highest BCUT2D eigenvalue weighted by Crippen LogP contribution is 2.60. The van der Waals surface area contributed by atoms with Crippen LogP contribution in [0.5, 0.6) is 17.2 Å². The maximum absolute atomic E-state index is 13.7. The zero-order valence-corrected chi connectivity index (χ0v) is 18.2. The average molecular weight is 439 g/mol. The first kappa shape index (κ1) is 20.6. The van der Waals surface area contributed by atoms with Gasteiger partial charge in [0.25, 0.3) is 5.91 Å². The Morgan fingerprint density at radius 3 is 2.44 bits per heavy atom. The average Bonchev–Trinajstić information content (AvgIpc) is 3.45. The molecule has 1 amide bonds. The number of nitrogens with one attached hydrogen (secondary N) is 1. The van der Waals surface area contributed by atoms with E-state index in [2.05, 4.69) is 10.2 Å². The monoisotopic (exact) mass is 439 g/mol. The summed E-state index contributed by atoms with van der Waals surface area (Å²) in [4.78, 5) is 28.0. The first-order valence-electron chi connectivity index (χ1n) is 10.6. The van der Waals surface area contributed by atoms with E-state index in [-0.39, 0.29) is 16.9 Å². The molecule has 9 nitrogen and oxygen atoms in total. The molecule has 0 saturated carbocycles. The number of para-hydroxylation sites is 1. The molecule has 2 saturated heterocycles. The molecule has 1 N–H and O–H groups in total. The van der Waals surface area contributed by atoms with Crippen molar-refractivity contribution in [2.45, 2.75) is 36.4 Å². The van der Waals surface area contributed by atoms with E-state index < -0.39 is 17.5 Å². The number of nitro groups is 1. The van der Waals surface area contributed by atoms with Crippen LogP contribution in [0, 0.1) is 10.1 Å². The molecular formula is C23H25N3O6. The van der Waals surface area contributed by atoms with Gasteiger partial charge in [0.2, 0.25) is 11.8 Å². The van der Waals surface area contributed by atoms with E-state index in [1.165, 1.54) is 21.3 Å². The standard InChI is InChI=1S/C23H25N3O6/c1-30-17-11-13(12-18(31-2)21(17)32-3)19-20(26(28)29)16-9-6-10-25(16)23(19)14-7-4-5-8-15(14)24-22(23)27/h4-5,7-8,11-12,16,19-20H,6,9-10H2,1-3H3,(H,24,27)/t16-,19-,20+,23-/m0/s1. The highest BCUT2D eigenvalue weighted by Gasteiger charge is 2.71. The molecule has 0 aromatic heterocycles. The molecule has 3 aliphatic heterocycles. The summed E-state index contributed by atoms with van der Waals surface area (Å²) in [7, 11) is 4.52. The van der Waals surface area contributed by atoms with Crippen molar-refractivity contribution in [1.82, 2.24) is 4.90 Å². The van der Waals surface area contributed by atoms with Crippen molar-refractivity contribution in [1.29, 1.82) is 0 Å². The normalized spacial score (nSPS) is 28.3. The van der Waals surface area contributed by atoms with Crippen LogP contribution >= 0.6 is 0 Å². The lowest BCUT2D eigenvalue weighted by atomic mass is 9.73. The number of amides is 1. The Labute approximate surface area is 185 Å². The van der Waals surface area contributed by atoms with Crippen LogP contribution in [0.1, 0.15) is 29.9 Å². The Morgan fingerprint density at radius 1 is 1.12 bits per heavy atom. The molecular weight excluding hydrogens is 414 g/mol. The number of nitrogens with zero attached hydrogens (tertiary/aromatic N) is 2. The van der Waals surface area contributed by atoms with Gasteiger partial charge in [0.15, 0.2) is 11.5 Å². The Hall–Kier alpha value is -3.33. The SMILES string of the molecule is COc1cc([C@H]2[C@H]([N+](=O)[O-])[C@@H]3CCCN3[C@]23C(=O)Nc2ccccc23)cc(OC)c1OC.